The van der Waals surface area contributed by atoms with Gasteiger partial charge in [-0.25, -0.2) is 0 Å². The number of fused-ring (bicyclic) bond motifs is 5. The van der Waals surface area contributed by atoms with Crippen LogP contribution in [0.25, 0.3) is 0 Å². The normalized spacial score (nSPS) is 46.9. The number of hydrogen-bond acceptors (Lipinski definition) is 2. The van der Waals surface area contributed by atoms with Crippen molar-refractivity contribution in [2.75, 3.05) is 0 Å². The van der Waals surface area contributed by atoms with Crippen molar-refractivity contribution < 1.29 is 9.90 Å². The van der Waals surface area contributed by atoms with Gasteiger partial charge in [0.05, 0.1) is 6.10 Å². The second kappa shape index (κ2) is 8.77. The predicted molar refractivity (Wildman–Crippen MR) is 129 cm³/mol. The lowest BCUT2D eigenvalue weighted by Gasteiger charge is -2.61. The minimum atomic E-state index is -0.408. The lowest BCUT2D eigenvalue weighted by Crippen LogP contribution is -2.58. The minimum Gasteiger partial charge on any atom is -0.392 e. The molecule has 178 valence electrons. The fraction of sp³-hybridized carbons (Fsp3) is 0.966. The largest absolute Gasteiger partial charge is 0.392 e. The highest BCUT2D eigenvalue weighted by molar-refractivity contribution is 5.80. The van der Waals surface area contributed by atoms with Crippen molar-refractivity contribution in [1.29, 1.82) is 0 Å². The van der Waals surface area contributed by atoms with Gasteiger partial charge < -0.3 is 5.11 Å². The maximum Gasteiger partial charge on any atom is 0.135 e. The zero-order chi connectivity index (χ0) is 22.6. The monoisotopic (exact) mass is 430 g/mol. The first-order valence-corrected chi connectivity index (χ1v) is 13.8. The minimum absolute atomic E-state index is 0.0204. The topological polar surface area (TPSA) is 37.3 Å². The molecule has 0 aromatic carbocycles. The van der Waals surface area contributed by atoms with Gasteiger partial charge >= 0.3 is 0 Å². The van der Waals surface area contributed by atoms with Crippen LogP contribution in [0.5, 0.6) is 0 Å². The van der Waals surface area contributed by atoms with Crippen molar-refractivity contribution in [3.05, 3.63) is 0 Å². The average Bonchev–Trinajstić information content (AvgIpc) is 3.06. The molecule has 4 aliphatic carbocycles. The Morgan fingerprint density at radius 2 is 1.71 bits per heavy atom. The first-order chi connectivity index (χ1) is 14.6. The van der Waals surface area contributed by atoms with Gasteiger partial charge in [-0.2, -0.15) is 0 Å². The summed E-state index contributed by atoms with van der Waals surface area (Å²) in [5, 5.41) is 11.1. The molecular weight excluding hydrogens is 380 g/mol. The number of aliphatic hydroxyl groups excluding tert-OH is 1. The molecule has 2 heteroatoms. The van der Waals surface area contributed by atoms with Crippen LogP contribution in [0.3, 0.4) is 0 Å². The van der Waals surface area contributed by atoms with Crippen molar-refractivity contribution >= 4 is 5.78 Å². The number of ketones is 1. The van der Waals surface area contributed by atoms with E-state index in [1.54, 1.807) is 0 Å². The molecule has 0 bridgehead atoms. The van der Waals surface area contributed by atoms with Crippen LogP contribution in [-0.4, -0.2) is 17.0 Å². The number of aliphatic hydroxyl groups is 1. The molecule has 4 aliphatic rings. The number of hydrogen-bond donors (Lipinski definition) is 1. The van der Waals surface area contributed by atoms with E-state index in [1.165, 1.54) is 57.8 Å². The molecule has 0 spiro atoms. The Kier molecular flexibility index (Phi) is 6.73. The fourth-order valence-corrected chi connectivity index (χ4v) is 9.77. The molecule has 0 aromatic heterocycles. The van der Waals surface area contributed by atoms with Crippen molar-refractivity contribution in [3.8, 4) is 0 Å². The molecule has 4 rings (SSSR count). The maximum absolute atomic E-state index is 12.2. The molecule has 0 aromatic rings. The summed E-state index contributed by atoms with van der Waals surface area (Å²) < 4.78 is 0. The van der Waals surface area contributed by atoms with Crippen molar-refractivity contribution in [2.24, 2.45) is 58.2 Å². The van der Waals surface area contributed by atoms with Crippen molar-refractivity contribution in [3.63, 3.8) is 0 Å². The van der Waals surface area contributed by atoms with E-state index in [0.29, 0.717) is 29.5 Å². The second-order valence-electron chi connectivity index (χ2n) is 13.2. The average molecular weight is 431 g/mol. The molecule has 2 unspecified atom stereocenters. The molecule has 4 fully saturated rings. The zero-order valence-electron chi connectivity index (χ0n) is 21.3. The highest BCUT2D eigenvalue weighted by atomic mass is 16.3. The molecule has 0 saturated heterocycles. The van der Waals surface area contributed by atoms with Crippen LogP contribution in [0.4, 0.5) is 0 Å². The summed E-state index contributed by atoms with van der Waals surface area (Å²) in [7, 11) is 0. The molecule has 0 aliphatic heterocycles. The van der Waals surface area contributed by atoms with Gasteiger partial charge in [0, 0.05) is 18.3 Å². The number of rotatable bonds is 6. The van der Waals surface area contributed by atoms with E-state index in [4.69, 9.17) is 0 Å². The summed E-state index contributed by atoms with van der Waals surface area (Å²) in [5.74, 6) is 6.39. The zero-order valence-corrected chi connectivity index (χ0v) is 21.3. The molecule has 4 saturated carbocycles. The molecule has 1 N–H and O–H groups in total. The smallest absolute Gasteiger partial charge is 0.135 e. The molecule has 31 heavy (non-hydrogen) atoms. The van der Waals surface area contributed by atoms with Crippen LogP contribution in [-0.2, 0) is 4.79 Å². The quantitative estimate of drug-likeness (QED) is 0.480. The Morgan fingerprint density at radius 1 is 0.968 bits per heavy atom. The van der Waals surface area contributed by atoms with Crippen LogP contribution in [0.2, 0.25) is 0 Å². The van der Waals surface area contributed by atoms with Gasteiger partial charge in [0.2, 0.25) is 0 Å². The van der Waals surface area contributed by atoms with Gasteiger partial charge in [-0.05, 0) is 97.7 Å². The third-order valence-electron chi connectivity index (χ3n) is 11.8. The first-order valence-electron chi connectivity index (χ1n) is 13.8. The number of carbonyl (C=O) groups is 1. The Balaban J connectivity index is 1.48. The van der Waals surface area contributed by atoms with E-state index in [0.717, 1.165) is 41.9 Å². The molecule has 0 amide bonds. The maximum atomic E-state index is 12.2. The molecule has 0 radical (unpaired) electrons. The van der Waals surface area contributed by atoms with Gasteiger partial charge in [0.25, 0.3) is 0 Å². The van der Waals surface area contributed by atoms with E-state index in [1.807, 2.05) is 0 Å². The van der Waals surface area contributed by atoms with E-state index in [9.17, 15) is 9.90 Å². The summed E-state index contributed by atoms with van der Waals surface area (Å²) in [6.07, 6.45) is 12.8. The predicted octanol–water partition coefficient (Wildman–Crippen LogP) is 7.28. The van der Waals surface area contributed by atoms with Gasteiger partial charge in [-0.3, -0.25) is 4.79 Å². The van der Waals surface area contributed by atoms with Crippen LogP contribution in [0, 0.1) is 58.2 Å². The molecule has 0 heterocycles. The molecular formula is C29H50O2. The van der Waals surface area contributed by atoms with Gasteiger partial charge in [0.1, 0.15) is 5.78 Å². The van der Waals surface area contributed by atoms with Crippen LogP contribution in [0.1, 0.15) is 112 Å². The van der Waals surface area contributed by atoms with E-state index >= 15 is 0 Å². The van der Waals surface area contributed by atoms with Crippen LogP contribution < -0.4 is 0 Å². The summed E-state index contributed by atoms with van der Waals surface area (Å²) in [6.45, 7) is 14.7. The highest BCUT2D eigenvalue weighted by Crippen LogP contribution is 2.68. The SMILES string of the molecule is CC[C@H](CC[C@@H](C)[C@H]1CC[C@H]2[C@H]3CCC4CC(=O)CC(O)[C@]4(C)[C@H]3CC[C@]12C)C(C)C. The number of Topliss-reactive ketones (excluding diaryl/α,β-unsaturated/α-hetero) is 1. The van der Waals surface area contributed by atoms with Gasteiger partial charge in [-0.15, -0.1) is 0 Å². The summed E-state index contributed by atoms with van der Waals surface area (Å²) >= 11 is 0. The third kappa shape index (κ3) is 3.85. The van der Waals surface area contributed by atoms with Crippen LogP contribution >= 0.6 is 0 Å². The van der Waals surface area contributed by atoms with E-state index < -0.39 is 6.10 Å². The summed E-state index contributed by atoms with van der Waals surface area (Å²) in [6, 6.07) is 0. The van der Waals surface area contributed by atoms with E-state index in [-0.39, 0.29) is 5.41 Å². The Labute approximate surface area is 192 Å². The molecule has 10 atom stereocenters. The standard InChI is InChI=1S/C29H50O2/c1-7-20(18(2)3)9-8-19(4)24-12-13-25-23-11-10-21-16-22(30)17-27(31)29(21,6)26(23)14-15-28(24,25)5/h18-21,23-27,31H,7-17H2,1-6H3/t19-,20-,21?,23-,24-,25+,26+,27?,28-,29+/m1/s1. The van der Waals surface area contributed by atoms with Gasteiger partial charge in [0.15, 0.2) is 0 Å². The fourth-order valence-electron chi connectivity index (χ4n) is 9.77. The summed E-state index contributed by atoms with van der Waals surface area (Å²) in [4.78, 5) is 12.2. The Hall–Kier alpha value is -0.370. The van der Waals surface area contributed by atoms with Crippen LogP contribution in [0.15, 0.2) is 0 Å². The van der Waals surface area contributed by atoms with E-state index in [2.05, 4.69) is 41.5 Å². The molecule has 2 nitrogen and oxygen atoms in total. The first kappa shape index (κ1) is 23.8. The third-order valence-corrected chi connectivity index (χ3v) is 11.8. The lowest BCUT2D eigenvalue weighted by molar-refractivity contribution is -0.171. The Bertz CT molecular complexity index is 655. The number of carbonyl (C=O) groups excluding carboxylic acids is 1. The highest BCUT2D eigenvalue weighted by Gasteiger charge is 2.62. The van der Waals surface area contributed by atoms with Crippen molar-refractivity contribution in [1.82, 2.24) is 0 Å². The summed E-state index contributed by atoms with van der Waals surface area (Å²) in [5.41, 5.74) is 0.478. The van der Waals surface area contributed by atoms with Crippen molar-refractivity contribution in [2.45, 2.75) is 118 Å². The Morgan fingerprint density at radius 3 is 2.39 bits per heavy atom. The van der Waals surface area contributed by atoms with Gasteiger partial charge in [-0.1, -0.05) is 54.4 Å². The lowest BCUT2D eigenvalue weighted by atomic mass is 9.44. The second-order valence-corrected chi connectivity index (χ2v) is 13.2.